The van der Waals surface area contributed by atoms with Crippen molar-refractivity contribution in [1.29, 1.82) is 0 Å². The Labute approximate surface area is 262 Å². The molecule has 0 radical (unpaired) electrons. The highest BCUT2D eigenvalue weighted by Gasteiger charge is 2.37. The first kappa shape index (κ1) is 33.1. The number of hydrogen-bond acceptors (Lipinski definition) is 6. The Bertz CT molecular complexity index is 1290. The summed E-state index contributed by atoms with van der Waals surface area (Å²) in [6, 6.07) is 16.2. The lowest BCUT2D eigenvalue weighted by atomic mass is 9.96. The van der Waals surface area contributed by atoms with Crippen LogP contribution < -0.4 is 15.0 Å². The zero-order chi connectivity index (χ0) is 32.1. The number of ether oxygens (including phenoxy) is 2. The van der Waals surface area contributed by atoms with Crippen molar-refractivity contribution in [1.82, 2.24) is 15.1 Å². The van der Waals surface area contributed by atoms with Gasteiger partial charge < -0.3 is 29.5 Å². The summed E-state index contributed by atoms with van der Waals surface area (Å²) < 4.78 is 11.7. The zero-order valence-electron chi connectivity index (χ0n) is 27.5. The maximum atomic E-state index is 13.5. The fourth-order valence-corrected chi connectivity index (χ4v) is 5.66. The molecule has 2 aromatic carbocycles. The van der Waals surface area contributed by atoms with Crippen LogP contribution in [0.25, 0.3) is 0 Å². The van der Waals surface area contributed by atoms with E-state index in [0.717, 1.165) is 30.6 Å². The van der Waals surface area contributed by atoms with Gasteiger partial charge in [0.1, 0.15) is 11.4 Å². The highest BCUT2D eigenvalue weighted by atomic mass is 16.6. The second kappa shape index (κ2) is 13.9. The molecule has 0 aromatic heterocycles. The Kier molecular flexibility index (Phi) is 10.5. The van der Waals surface area contributed by atoms with E-state index in [0.29, 0.717) is 50.9 Å². The van der Waals surface area contributed by atoms with Crippen molar-refractivity contribution in [2.75, 3.05) is 44.2 Å². The molecule has 1 atom stereocenters. The molecule has 2 heterocycles. The monoisotopic (exact) mass is 606 g/mol. The zero-order valence-corrected chi connectivity index (χ0v) is 27.5. The number of nitrogens with one attached hydrogen (secondary N) is 1. The lowest BCUT2D eigenvalue weighted by Crippen LogP contribution is -2.57. The van der Waals surface area contributed by atoms with Crippen LogP contribution in [0.1, 0.15) is 78.4 Å². The Morgan fingerprint density at radius 1 is 0.909 bits per heavy atom. The van der Waals surface area contributed by atoms with Gasteiger partial charge in [0.2, 0.25) is 5.91 Å². The summed E-state index contributed by atoms with van der Waals surface area (Å²) in [6.07, 6.45) is 1.42. The summed E-state index contributed by atoms with van der Waals surface area (Å²) in [5, 5.41) is 3.13. The van der Waals surface area contributed by atoms with Gasteiger partial charge in [-0.2, -0.15) is 0 Å². The Hall–Kier alpha value is -3.75. The van der Waals surface area contributed by atoms with Gasteiger partial charge in [-0.3, -0.25) is 9.59 Å². The third-order valence-electron chi connectivity index (χ3n) is 8.19. The van der Waals surface area contributed by atoms with Crippen LogP contribution in [0.3, 0.4) is 0 Å². The number of piperidine rings is 1. The number of carbonyl (C=O) groups is 3. The minimum atomic E-state index is -1.09. The molecule has 9 nitrogen and oxygen atoms in total. The molecule has 2 aliphatic rings. The fraction of sp³-hybridized carbons (Fsp3) is 0.571. The van der Waals surface area contributed by atoms with Gasteiger partial charge in [-0.1, -0.05) is 44.2 Å². The molecule has 2 saturated heterocycles. The van der Waals surface area contributed by atoms with Crippen molar-refractivity contribution >= 4 is 23.6 Å². The van der Waals surface area contributed by atoms with Gasteiger partial charge in [0.05, 0.1) is 5.92 Å². The lowest BCUT2D eigenvalue weighted by Gasteiger charge is -2.39. The number of hydrogen-bond donors (Lipinski definition) is 1. The Morgan fingerprint density at radius 2 is 1.57 bits per heavy atom. The first-order chi connectivity index (χ1) is 20.7. The van der Waals surface area contributed by atoms with Crippen LogP contribution in [-0.4, -0.2) is 78.2 Å². The molecule has 0 saturated carbocycles. The largest absolute Gasteiger partial charge is 0.478 e. The van der Waals surface area contributed by atoms with Gasteiger partial charge in [0.15, 0.2) is 5.60 Å². The predicted octanol–water partition coefficient (Wildman–Crippen LogP) is 5.58. The molecule has 0 aliphatic carbocycles. The van der Waals surface area contributed by atoms with E-state index in [1.165, 1.54) is 5.56 Å². The number of piperazine rings is 1. The standard InChI is InChI=1S/C35H50N4O5/c1-25(2)27-15-13-26(14-16-27)23-36-31(40)28-10-9-17-39(24-28)29-11-8-12-30(22-29)43-35(6,7)32(41)37-18-20-38(21-19-37)33(42)44-34(3,4)5/h8,11-16,22,25,28H,9-10,17-21,23-24H2,1-7H3,(H,36,40)/t28-/m1/s1. The summed E-state index contributed by atoms with van der Waals surface area (Å²) in [5.41, 5.74) is 1.71. The highest BCUT2D eigenvalue weighted by molar-refractivity contribution is 5.85. The van der Waals surface area contributed by atoms with Crippen molar-refractivity contribution < 1.29 is 23.9 Å². The molecule has 0 unspecified atom stereocenters. The van der Waals surface area contributed by atoms with E-state index in [-0.39, 0.29) is 23.8 Å². The molecule has 4 rings (SSSR count). The fourth-order valence-electron chi connectivity index (χ4n) is 5.66. The van der Waals surface area contributed by atoms with E-state index >= 15 is 0 Å². The first-order valence-electron chi connectivity index (χ1n) is 15.9. The quantitative estimate of drug-likeness (QED) is 0.422. The molecule has 9 heteroatoms. The summed E-state index contributed by atoms with van der Waals surface area (Å²) >= 11 is 0. The van der Waals surface area contributed by atoms with Crippen molar-refractivity contribution in [3.8, 4) is 5.75 Å². The van der Waals surface area contributed by atoms with Crippen molar-refractivity contribution in [2.24, 2.45) is 5.92 Å². The maximum Gasteiger partial charge on any atom is 0.410 e. The molecule has 3 amide bonds. The van der Waals surface area contributed by atoms with Crippen LogP contribution in [0, 0.1) is 5.92 Å². The number of rotatable bonds is 8. The Balaban J connectivity index is 1.30. The molecule has 1 N–H and O–H groups in total. The van der Waals surface area contributed by atoms with E-state index in [1.54, 1.807) is 23.6 Å². The number of anilines is 1. The topological polar surface area (TPSA) is 91.4 Å². The number of amides is 3. The minimum Gasteiger partial charge on any atom is -0.478 e. The van der Waals surface area contributed by atoms with E-state index < -0.39 is 11.2 Å². The SMILES string of the molecule is CC(C)c1ccc(CNC(=O)[C@@H]2CCCN(c3cccc(OC(C)(C)C(=O)N4CCN(C(=O)OC(C)(C)C)CC4)c3)C2)cc1. The van der Waals surface area contributed by atoms with Crippen LogP contribution in [0.15, 0.2) is 48.5 Å². The Morgan fingerprint density at radius 3 is 2.20 bits per heavy atom. The van der Waals surface area contributed by atoms with E-state index in [9.17, 15) is 14.4 Å². The molecule has 0 spiro atoms. The average molecular weight is 607 g/mol. The first-order valence-corrected chi connectivity index (χ1v) is 15.9. The van der Waals surface area contributed by atoms with Gasteiger partial charge in [-0.15, -0.1) is 0 Å². The lowest BCUT2D eigenvalue weighted by molar-refractivity contribution is -0.147. The van der Waals surface area contributed by atoms with Gasteiger partial charge in [-0.05, 0) is 76.6 Å². The summed E-state index contributed by atoms with van der Waals surface area (Å²) in [6.45, 7) is 17.1. The minimum absolute atomic E-state index is 0.0773. The van der Waals surface area contributed by atoms with Crippen molar-refractivity contribution in [3.05, 3.63) is 59.7 Å². The summed E-state index contributed by atoms with van der Waals surface area (Å²) in [7, 11) is 0. The normalized spacial score (nSPS) is 17.8. The van der Waals surface area contributed by atoms with Gasteiger partial charge in [0, 0.05) is 57.6 Å². The predicted molar refractivity (Wildman–Crippen MR) is 173 cm³/mol. The highest BCUT2D eigenvalue weighted by Crippen LogP contribution is 2.29. The summed E-state index contributed by atoms with van der Waals surface area (Å²) in [5.74, 6) is 0.940. The van der Waals surface area contributed by atoms with Crippen molar-refractivity contribution in [3.63, 3.8) is 0 Å². The molecule has 2 fully saturated rings. The smallest absolute Gasteiger partial charge is 0.410 e. The van der Waals surface area contributed by atoms with Gasteiger partial charge in [-0.25, -0.2) is 4.79 Å². The van der Waals surface area contributed by atoms with Crippen LogP contribution >= 0.6 is 0 Å². The van der Waals surface area contributed by atoms with Crippen LogP contribution in [-0.2, 0) is 20.9 Å². The molecule has 2 aliphatic heterocycles. The van der Waals surface area contributed by atoms with Crippen LogP contribution in [0.4, 0.5) is 10.5 Å². The molecule has 2 aromatic rings. The third-order valence-corrected chi connectivity index (χ3v) is 8.19. The van der Waals surface area contributed by atoms with Crippen LogP contribution in [0.2, 0.25) is 0 Å². The molecular weight excluding hydrogens is 556 g/mol. The van der Waals surface area contributed by atoms with Crippen LogP contribution in [0.5, 0.6) is 5.75 Å². The molecular formula is C35H50N4O5. The van der Waals surface area contributed by atoms with Crippen molar-refractivity contribution in [2.45, 2.75) is 85.0 Å². The summed E-state index contributed by atoms with van der Waals surface area (Å²) in [4.78, 5) is 44.6. The third kappa shape index (κ3) is 8.89. The maximum absolute atomic E-state index is 13.5. The van der Waals surface area contributed by atoms with E-state index in [2.05, 4.69) is 48.3 Å². The van der Waals surface area contributed by atoms with Gasteiger partial charge in [0.25, 0.3) is 5.91 Å². The average Bonchev–Trinajstić information content (AvgIpc) is 2.99. The van der Waals surface area contributed by atoms with Gasteiger partial charge >= 0.3 is 6.09 Å². The number of carbonyl (C=O) groups excluding carboxylic acids is 3. The second-order valence-corrected chi connectivity index (χ2v) is 13.8. The molecule has 44 heavy (non-hydrogen) atoms. The number of benzene rings is 2. The molecule has 240 valence electrons. The number of nitrogens with zero attached hydrogens (tertiary/aromatic N) is 3. The van der Waals surface area contributed by atoms with E-state index in [1.807, 2.05) is 45.0 Å². The van der Waals surface area contributed by atoms with E-state index in [4.69, 9.17) is 9.47 Å². The molecule has 0 bridgehead atoms. The second-order valence-electron chi connectivity index (χ2n) is 13.8.